The SMILES string of the molecule is CC1(C)c2ccccc2-c2c(N(c3ccccc3)c3nc(-c4ccc5sc6ccccc6c5c4)nc(-c4cccc5c6ccccc6n(-c6ccccc6)c45)n3)cccc21. The molecule has 0 amide bonds. The summed E-state index contributed by atoms with van der Waals surface area (Å²) < 4.78 is 4.85. The number of anilines is 3. The van der Waals surface area contributed by atoms with Crippen LogP contribution in [0.25, 0.3) is 81.6 Å². The van der Waals surface area contributed by atoms with E-state index in [0.717, 1.165) is 44.6 Å². The van der Waals surface area contributed by atoms with Gasteiger partial charge < -0.3 is 4.57 Å². The number of aromatic nitrogens is 4. The van der Waals surface area contributed by atoms with Crippen molar-refractivity contribution in [2.75, 3.05) is 4.90 Å². The average Bonchev–Trinajstić information content (AvgIpc) is 3.92. The third kappa shape index (κ3) is 5.21. The molecular weight excluding hydrogens is 751 g/mol. The number of hydrogen-bond acceptors (Lipinski definition) is 5. The van der Waals surface area contributed by atoms with Crippen molar-refractivity contribution >= 4 is 70.6 Å². The minimum atomic E-state index is -0.182. The summed E-state index contributed by atoms with van der Waals surface area (Å²) in [5.41, 5.74) is 11.9. The molecule has 0 saturated carbocycles. The third-order valence-corrected chi connectivity index (χ3v) is 13.4. The van der Waals surface area contributed by atoms with E-state index in [0.29, 0.717) is 17.6 Å². The molecule has 3 aromatic heterocycles. The Kier molecular flexibility index (Phi) is 7.68. The summed E-state index contributed by atoms with van der Waals surface area (Å²) >= 11 is 1.81. The molecule has 0 aliphatic heterocycles. The van der Waals surface area contributed by atoms with Crippen molar-refractivity contribution in [1.82, 2.24) is 19.5 Å². The molecule has 0 bridgehead atoms. The molecule has 6 heteroatoms. The highest BCUT2D eigenvalue weighted by Gasteiger charge is 2.38. The van der Waals surface area contributed by atoms with Gasteiger partial charge in [0.1, 0.15) is 0 Å². The summed E-state index contributed by atoms with van der Waals surface area (Å²) in [5, 5.41) is 4.75. The Hall–Kier alpha value is -7.41. The first kappa shape index (κ1) is 34.6. The standard InChI is InChI=1S/C54H37N5S/c1-54(2)43-26-12-9-23-40(43)49-44(54)27-16-29-46(49)59(36-19-7-4-8-20-36)53-56-51(34-31-32-48-42(33-34)38-22-11-14-30-47(38)60-48)55-52(57-53)41-25-15-24-39-37-21-10-13-28-45(37)58(50(39)41)35-17-5-3-6-18-35/h3-33H,1-2H3. The molecule has 0 saturated heterocycles. The molecule has 60 heavy (non-hydrogen) atoms. The van der Waals surface area contributed by atoms with Crippen LogP contribution in [0, 0.1) is 0 Å². The summed E-state index contributed by atoms with van der Waals surface area (Å²) in [6.45, 7) is 4.65. The Balaban J connectivity index is 1.18. The molecule has 0 atom stereocenters. The first-order chi connectivity index (χ1) is 29.5. The van der Waals surface area contributed by atoms with Gasteiger partial charge in [0, 0.05) is 64.4 Å². The van der Waals surface area contributed by atoms with Gasteiger partial charge in [-0.25, -0.2) is 4.98 Å². The van der Waals surface area contributed by atoms with Crippen molar-refractivity contribution in [3.8, 4) is 39.6 Å². The zero-order chi connectivity index (χ0) is 40.0. The number of rotatable bonds is 6. The van der Waals surface area contributed by atoms with E-state index < -0.39 is 0 Å². The maximum Gasteiger partial charge on any atom is 0.238 e. The number of hydrogen-bond donors (Lipinski definition) is 0. The molecule has 5 nitrogen and oxygen atoms in total. The van der Waals surface area contributed by atoms with Crippen LogP contribution in [0.2, 0.25) is 0 Å². The fraction of sp³-hybridized carbons (Fsp3) is 0.0556. The molecule has 0 radical (unpaired) electrons. The van der Waals surface area contributed by atoms with Gasteiger partial charge in [0.05, 0.1) is 16.7 Å². The highest BCUT2D eigenvalue weighted by molar-refractivity contribution is 7.25. The summed E-state index contributed by atoms with van der Waals surface area (Å²) in [7, 11) is 0. The predicted octanol–water partition coefficient (Wildman–Crippen LogP) is 14.4. The van der Waals surface area contributed by atoms with Crippen LogP contribution in [-0.2, 0) is 5.41 Å². The van der Waals surface area contributed by atoms with Crippen LogP contribution in [0.1, 0.15) is 25.0 Å². The fourth-order valence-electron chi connectivity index (χ4n) is 9.48. The predicted molar refractivity (Wildman–Crippen MR) is 250 cm³/mol. The van der Waals surface area contributed by atoms with E-state index in [1.54, 1.807) is 0 Å². The summed E-state index contributed by atoms with van der Waals surface area (Å²) in [5.74, 6) is 1.76. The number of para-hydroxylation sites is 4. The van der Waals surface area contributed by atoms with Gasteiger partial charge in [-0.3, -0.25) is 4.90 Å². The van der Waals surface area contributed by atoms with Crippen LogP contribution in [0.15, 0.2) is 188 Å². The zero-order valence-corrected chi connectivity index (χ0v) is 33.9. The van der Waals surface area contributed by atoms with Gasteiger partial charge in [-0.1, -0.05) is 135 Å². The Morgan fingerprint density at radius 1 is 0.500 bits per heavy atom. The van der Waals surface area contributed by atoms with Crippen molar-refractivity contribution in [3.05, 3.63) is 199 Å². The summed E-state index contributed by atoms with van der Waals surface area (Å²) in [4.78, 5) is 18.7. The first-order valence-corrected chi connectivity index (χ1v) is 21.2. The molecule has 0 N–H and O–H groups in total. The highest BCUT2D eigenvalue weighted by atomic mass is 32.1. The van der Waals surface area contributed by atoms with Crippen molar-refractivity contribution in [2.24, 2.45) is 0 Å². The minimum Gasteiger partial charge on any atom is -0.309 e. The van der Waals surface area contributed by atoms with E-state index in [2.05, 4.69) is 211 Å². The largest absolute Gasteiger partial charge is 0.309 e. The maximum atomic E-state index is 5.55. The second-order valence-corrected chi connectivity index (χ2v) is 17.1. The number of benzene rings is 8. The lowest BCUT2D eigenvalue weighted by Gasteiger charge is -2.27. The number of nitrogens with zero attached hydrogens (tertiary/aromatic N) is 5. The molecule has 284 valence electrons. The van der Waals surface area contributed by atoms with Crippen LogP contribution in [-0.4, -0.2) is 19.5 Å². The lowest BCUT2D eigenvalue weighted by atomic mass is 9.82. The molecule has 8 aromatic carbocycles. The van der Waals surface area contributed by atoms with Crippen LogP contribution < -0.4 is 4.90 Å². The van der Waals surface area contributed by atoms with E-state index in [4.69, 9.17) is 15.0 Å². The van der Waals surface area contributed by atoms with E-state index in [1.807, 2.05) is 11.3 Å². The van der Waals surface area contributed by atoms with Gasteiger partial charge in [0.2, 0.25) is 5.95 Å². The van der Waals surface area contributed by atoms with Crippen molar-refractivity contribution in [3.63, 3.8) is 0 Å². The quantitative estimate of drug-likeness (QED) is 0.168. The second-order valence-electron chi connectivity index (χ2n) is 16.0. The number of fused-ring (bicyclic) bond motifs is 9. The van der Waals surface area contributed by atoms with Crippen LogP contribution in [0.4, 0.5) is 17.3 Å². The first-order valence-electron chi connectivity index (χ1n) is 20.4. The Morgan fingerprint density at radius 2 is 1.15 bits per heavy atom. The Morgan fingerprint density at radius 3 is 2.02 bits per heavy atom. The Bertz CT molecular complexity index is 3470. The molecule has 0 unspecified atom stereocenters. The summed E-state index contributed by atoms with van der Waals surface area (Å²) in [6, 6.07) is 67.0. The lowest BCUT2D eigenvalue weighted by Crippen LogP contribution is -2.18. The van der Waals surface area contributed by atoms with E-state index in [-0.39, 0.29) is 5.41 Å². The average molecular weight is 788 g/mol. The normalized spacial score (nSPS) is 13.0. The van der Waals surface area contributed by atoms with Crippen LogP contribution in [0.5, 0.6) is 0 Å². The van der Waals surface area contributed by atoms with Gasteiger partial charge in [-0.05, 0) is 83.4 Å². The molecule has 0 fully saturated rings. The minimum absolute atomic E-state index is 0.182. The van der Waals surface area contributed by atoms with Crippen LogP contribution >= 0.6 is 11.3 Å². The van der Waals surface area contributed by atoms with Gasteiger partial charge >= 0.3 is 0 Å². The van der Waals surface area contributed by atoms with Gasteiger partial charge in [0.25, 0.3) is 0 Å². The van der Waals surface area contributed by atoms with Crippen molar-refractivity contribution in [2.45, 2.75) is 19.3 Å². The monoisotopic (exact) mass is 787 g/mol. The smallest absolute Gasteiger partial charge is 0.238 e. The van der Waals surface area contributed by atoms with Crippen molar-refractivity contribution in [1.29, 1.82) is 0 Å². The van der Waals surface area contributed by atoms with Gasteiger partial charge in [0.15, 0.2) is 11.6 Å². The van der Waals surface area contributed by atoms with Gasteiger partial charge in [-0.15, -0.1) is 11.3 Å². The molecule has 3 heterocycles. The fourth-order valence-corrected chi connectivity index (χ4v) is 10.6. The molecular formula is C54H37N5S. The highest BCUT2D eigenvalue weighted by Crippen LogP contribution is 2.54. The van der Waals surface area contributed by atoms with E-state index in [9.17, 15) is 0 Å². The second kappa shape index (κ2) is 13.3. The Labute approximate surface area is 351 Å². The number of thiophene rings is 1. The van der Waals surface area contributed by atoms with E-state index in [1.165, 1.54) is 47.8 Å². The van der Waals surface area contributed by atoms with Crippen molar-refractivity contribution < 1.29 is 0 Å². The van der Waals surface area contributed by atoms with Crippen LogP contribution in [0.3, 0.4) is 0 Å². The van der Waals surface area contributed by atoms with E-state index >= 15 is 0 Å². The molecule has 1 aliphatic rings. The summed E-state index contributed by atoms with van der Waals surface area (Å²) in [6.07, 6.45) is 0. The molecule has 12 rings (SSSR count). The zero-order valence-electron chi connectivity index (χ0n) is 33.0. The lowest BCUT2D eigenvalue weighted by molar-refractivity contribution is 0.660. The van der Waals surface area contributed by atoms with Gasteiger partial charge in [-0.2, -0.15) is 9.97 Å². The molecule has 0 spiro atoms. The topological polar surface area (TPSA) is 46.8 Å². The third-order valence-electron chi connectivity index (χ3n) is 12.2. The maximum absolute atomic E-state index is 5.55. The molecule has 11 aromatic rings. The molecule has 1 aliphatic carbocycles.